The number of carbonyl (C=O) groups is 3. The Balaban J connectivity index is 0.957. The zero-order valence-electron chi connectivity index (χ0n) is 20.6. The molecule has 2 saturated heterocycles. The SMILES string of the molecule is O=C(CCCCCN1C(=O)c2ccccc2C1=O)N1CCC(N2CCC(Oc3nccs3)CC2)CC1. The first-order valence-electron chi connectivity index (χ1n) is 13.1. The van der Waals surface area contributed by atoms with Gasteiger partial charge in [-0.25, -0.2) is 4.98 Å². The topological polar surface area (TPSA) is 83.1 Å². The summed E-state index contributed by atoms with van der Waals surface area (Å²) in [6.07, 6.45) is 9.03. The molecule has 4 heterocycles. The molecule has 3 amide bonds. The lowest BCUT2D eigenvalue weighted by molar-refractivity contribution is -0.133. The van der Waals surface area contributed by atoms with Gasteiger partial charge in [0.25, 0.3) is 17.0 Å². The number of thiazole rings is 1. The molecule has 3 aliphatic heterocycles. The van der Waals surface area contributed by atoms with Crippen LogP contribution in [-0.2, 0) is 4.79 Å². The number of amides is 3. The van der Waals surface area contributed by atoms with Gasteiger partial charge in [0.05, 0.1) is 11.1 Å². The summed E-state index contributed by atoms with van der Waals surface area (Å²) in [7, 11) is 0. The van der Waals surface area contributed by atoms with Crippen LogP contribution in [0.4, 0.5) is 0 Å². The molecule has 8 nitrogen and oxygen atoms in total. The van der Waals surface area contributed by atoms with Crippen molar-refractivity contribution >= 4 is 29.1 Å². The van der Waals surface area contributed by atoms with Gasteiger partial charge in [0.15, 0.2) is 0 Å². The fraction of sp³-hybridized carbons (Fsp3) is 0.556. The molecule has 0 aliphatic carbocycles. The number of unbranched alkanes of at least 4 members (excludes halogenated alkanes) is 2. The van der Waals surface area contributed by atoms with Crippen molar-refractivity contribution in [3.8, 4) is 5.19 Å². The molecule has 0 atom stereocenters. The van der Waals surface area contributed by atoms with Crippen molar-refractivity contribution in [2.45, 2.75) is 63.5 Å². The van der Waals surface area contributed by atoms with Gasteiger partial charge < -0.3 is 9.64 Å². The van der Waals surface area contributed by atoms with Gasteiger partial charge in [0, 0.05) is 56.8 Å². The predicted octanol–water partition coefficient (Wildman–Crippen LogP) is 3.83. The quantitative estimate of drug-likeness (QED) is 0.377. The standard InChI is InChI=1S/C27H34N4O4S/c32-24(8-2-1-5-14-31-25(33)22-6-3-4-7-23(22)26(31)34)30-15-9-20(10-16-30)29-17-11-21(12-18-29)35-27-28-13-19-36-27/h3-4,6-7,13,19-21H,1-2,5,8-12,14-18H2. The van der Waals surface area contributed by atoms with Crippen LogP contribution in [0.5, 0.6) is 5.19 Å². The third kappa shape index (κ3) is 5.62. The molecule has 5 rings (SSSR count). The van der Waals surface area contributed by atoms with Gasteiger partial charge in [-0.3, -0.25) is 24.2 Å². The van der Waals surface area contributed by atoms with Crippen molar-refractivity contribution in [1.29, 1.82) is 0 Å². The Hall–Kier alpha value is -2.78. The van der Waals surface area contributed by atoms with E-state index in [4.69, 9.17) is 4.74 Å². The Morgan fingerprint density at radius 2 is 1.64 bits per heavy atom. The van der Waals surface area contributed by atoms with E-state index in [9.17, 15) is 14.4 Å². The van der Waals surface area contributed by atoms with Crippen LogP contribution in [0.25, 0.3) is 0 Å². The molecule has 2 aromatic rings. The largest absolute Gasteiger partial charge is 0.467 e. The average molecular weight is 511 g/mol. The van der Waals surface area contributed by atoms with E-state index in [0.29, 0.717) is 30.1 Å². The highest BCUT2D eigenvalue weighted by Gasteiger charge is 2.34. The summed E-state index contributed by atoms with van der Waals surface area (Å²) in [5.74, 6) is -0.179. The molecule has 9 heteroatoms. The summed E-state index contributed by atoms with van der Waals surface area (Å²) in [6, 6.07) is 7.53. The first-order chi connectivity index (χ1) is 17.6. The summed E-state index contributed by atoms with van der Waals surface area (Å²) >= 11 is 1.55. The Morgan fingerprint density at radius 3 is 2.28 bits per heavy atom. The van der Waals surface area contributed by atoms with Crippen molar-refractivity contribution in [3.63, 3.8) is 0 Å². The van der Waals surface area contributed by atoms with Crippen LogP contribution in [0, 0.1) is 0 Å². The number of nitrogens with zero attached hydrogens (tertiary/aromatic N) is 4. The van der Waals surface area contributed by atoms with E-state index in [1.165, 1.54) is 4.90 Å². The molecule has 1 aromatic carbocycles. The Morgan fingerprint density at radius 1 is 0.944 bits per heavy atom. The first-order valence-corrected chi connectivity index (χ1v) is 14.0. The second-order valence-corrected chi connectivity index (χ2v) is 10.7. The third-order valence-corrected chi connectivity index (χ3v) is 8.30. The van der Waals surface area contributed by atoms with E-state index in [0.717, 1.165) is 76.3 Å². The maximum absolute atomic E-state index is 12.7. The molecule has 0 N–H and O–H groups in total. The normalized spacial score (nSPS) is 19.7. The van der Waals surface area contributed by atoms with Crippen LogP contribution in [0.15, 0.2) is 35.8 Å². The number of benzene rings is 1. The monoisotopic (exact) mass is 510 g/mol. The van der Waals surface area contributed by atoms with Crippen LogP contribution in [-0.4, -0.2) is 82.3 Å². The first kappa shape index (κ1) is 24.9. The van der Waals surface area contributed by atoms with Crippen LogP contribution >= 0.6 is 11.3 Å². The summed E-state index contributed by atoms with van der Waals surface area (Å²) in [6.45, 7) is 4.16. The highest BCUT2D eigenvalue weighted by Crippen LogP contribution is 2.26. The van der Waals surface area contributed by atoms with E-state index >= 15 is 0 Å². The van der Waals surface area contributed by atoms with Crippen LogP contribution in [0.3, 0.4) is 0 Å². The highest BCUT2D eigenvalue weighted by atomic mass is 32.1. The summed E-state index contributed by atoms with van der Waals surface area (Å²) in [5.41, 5.74) is 0.990. The lowest BCUT2D eigenvalue weighted by Gasteiger charge is -2.41. The van der Waals surface area contributed by atoms with E-state index in [-0.39, 0.29) is 23.8 Å². The molecule has 0 spiro atoms. The van der Waals surface area contributed by atoms with Crippen LogP contribution in [0.2, 0.25) is 0 Å². The van der Waals surface area contributed by atoms with Crippen molar-refractivity contribution in [2.75, 3.05) is 32.7 Å². The molecule has 2 fully saturated rings. The molecule has 3 aliphatic rings. The minimum Gasteiger partial charge on any atom is -0.467 e. The van der Waals surface area contributed by atoms with Gasteiger partial charge in [0.2, 0.25) is 5.91 Å². The minimum atomic E-state index is -0.203. The molecule has 192 valence electrons. The number of hydrogen-bond donors (Lipinski definition) is 0. The van der Waals surface area contributed by atoms with Gasteiger partial charge in [0.1, 0.15) is 6.10 Å². The zero-order valence-corrected chi connectivity index (χ0v) is 21.5. The highest BCUT2D eigenvalue weighted by molar-refractivity contribution is 7.11. The number of likely N-dealkylation sites (tertiary alicyclic amines) is 2. The average Bonchev–Trinajstić information content (AvgIpc) is 3.51. The number of piperidine rings is 2. The number of carbonyl (C=O) groups excluding carboxylic acids is 3. The van der Waals surface area contributed by atoms with E-state index in [2.05, 4.69) is 9.88 Å². The van der Waals surface area contributed by atoms with Crippen LogP contribution in [0.1, 0.15) is 72.1 Å². The fourth-order valence-electron chi connectivity index (χ4n) is 5.57. The molecule has 0 radical (unpaired) electrons. The maximum atomic E-state index is 12.7. The van der Waals surface area contributed by atoms with Gasteiger partial charge in [-0.15, -0.1) is 0 Å². The Kier molecular flexibility index (Phi) is 7.96. The minimum absolute atomic E-state index is 0.203. The van der Waals surface area contributed by atoms with Gasteiger partial charge >= 0.3 is 0 Å². The zero-order chi connectivity index (χ0) is 24.9. The number of aromatic nitrogens is 1. The lowest BCUT2D eigenvalue weighted by Crippen LogP contribution is -2.50. The molecule has 0 bridgehead atoms. The maximum Gasteiger partial charge on any atom is 0.273 e. The number of hydrogen-bond acceptors (Lipinski definition) is 7. The summed E-state index contributed by atoms with van der Waals surface area (Å²) in [4.78, 5) is 47.7. The number of fused-ring (bicyclic) bond motifs is 1. The second-order valence-electron chi connectivity index (χ2n) is 9.88. The van der Waals surface area contributed by atoms with Crippen molar-refractivity contribution in [3.05, 3.63) is 47.0 Å². The fourth-order valence-corrected chi connectivity index (χ4v) is 6.13. The summed E-state index contributed by atoms with van der Waals surface area (Å²) in [5, 5.41) is 2.71. The van der Waals surface area contributed by atoms with Gasteiger partial charge in [-0.05, 0) is 50.7 Å². The molecule has 36 heavy (non-hydrogen) atoms. The number of ether oxygens (including phenoxy) is 1. The molecule has 0 unspecified atom stereocenters. The lowest BCUT2D eigenvalue weighted by atomic mass is 9.98. The van der Waals surface area contributed by atoms with Gasteiger partial charge in [-0.1, -0.05) is 29.9 Å². The Labute approximate surface area is 216 Å². The molecule has 1 aromatic heterocycles. The number of imide groups is 1. The van der Waals surface area contributed by atoms with E-state index < -0.39 is 0 Å². The van der Waals surface area contributed by atoms with Crippen LogP contribution < -0.4 is 4.74 Å². The third-order valence-electron chi connectivity index (χ3n) is 7.64. The predicted molar refractivity (Wildman–Crippen MR) is 137 cm³/mol. The molecular formula is C27H34N4O4S. The van der Waals surface area contributed by atoms with Crippen molar-refractivity contribution in [2.24, 2.45) is 0 Å². The van der Waals surface area contributed by atoms with E-state index in [1.807, 2.05) is 10.3 Å². The Bertz CT molecular complexity index is 1020. The van der Waals surface area contributed by atoms with E-state index in [1.54, 1.807) is 41.8 Å². The molecular weight excluding hydrogens is 476 g/mol. The van der Waals surface area contributed by atoms with Crippen molar-refractivity contribution in [1.82, 2.24) is 19.7 Å². The number of rotatable bonds is 9. The second kappa shape index (κ2) is 11.5. The van der Waals surface area contributed by atoms with Crippen molar-refractivity contribution < 1.29 is 19.1 Å². The summed E-state index contributed by atoms with van der Waals surface area (Å²) < 4.78 is 5.98. The van der Waals surface area contributed by atoms with Gasteiger partial charge in [-0.2, -0.15) is 0 Å². The molecule has 0 saturated carbocycles. The smallest absolute Gasteiger partial charge is 0.273 e.